The monoisotopic (exact) mass is 613 g/mol. The van der Waals surface area contributed by atoms with Gasteiger partial charge in [0.15, 0.2) is 5.79 Å². The normalized spacial score (nSPS) is 25.1. The van der Waals surface area contributed by atoms with Crippen molar-refractivity contribution in [3.63, 3.8) is 0 Å². The number of carbonyl (C=O) groups is 1. The molecule has 7 rings (SSSR count). The average Bonchev–Trinajstić information content (AvgIpc) is 3.75. The molecule has 11 nitrogen and oxygen atoms in total. The van der Waals surface area contributed by atoms with Crippen LogP contribution in [0.25, 0.3) is 22.3 Å². The Labute approximate surface area is 263 Å². The zero-order valence-electron chi connectivity index (χ0n) is 26.7. The Kier molecular flexibility index (Phi) is 7.36. The Morgan fingerprint density at radius 2 is 1.80 bits per heavy atom. The molecule has 2 aliphatic heterocycles. The van der Waals surface area contributed by atoms with Crippen LogP contribution in [0.3, 0.4) is 0 Å². The summed E-state index contributed by atoms with van der Waals surface area (Å²) in [6.45, 7) is 11.7. The Bertz CT molecular complexity index is 1680. The van der Waals surface area contributed by atoms with Crippen LogP contribution in [0.2, 0.25) is 0 Å². The third-order valence-corrected chi connectivity index (χ3v) is 9.38. The molecule has 1 amide bonds. The van der Waals surface area contributed by atoms with Gasteiger partial charge in [-0.3, -0.25) is 4.68 Å². The number of benzene rings is 1. The molecule has 4 aromatic rings. The van der Waals surface area contributed by atoms with E-state index in [2.05, 4.69) is 27.9 Å². The number of piperidine rings is 1. The van der Waals surface area contributed by atoms with Gasteiger partial charge in [0, 0.05) is 31.0 Å². The molecule has 0 radical (unpaired) electrons. The predicted octanol–water partition coefficient (Wildman–Crippen LogP) is 5.65. The van der Waals surface area contributed by atoms with Gasteiger partial charge in [-0.05, 0) is 77.3 Å². The van der Waals surface area contributed by atoms with Crippen LogP contribution in [0.15, 0.2) is 55.1 Å². The third-order valence-electron chi connectivity index (χ3n) is 9.38. The van der Waals surface area contributed by atoms with Crippen LogP contribution in [0.5, 0.6) is 0 Å². The molecule has 5 heterocycles. The number of nitrogens with zero attached hydrogens (tertiary/aromatic N) is 6. The lowest BCUT2D eigenvalue weighted by molar-refractivity contribution is -0.163. The van der Waals surface area contributed by atoms with Crippen molar-refractivity contribution >= 4 is 22.9 Å². The molecule has 2 saturated heterocycles. The van der Waals surface area contributed by atoms with E-state index in [0.29, 0.717) is 31.4 Å². The number of nitrogen functional groups attached to an aromatic ring is 1. The highest BCUT2D eigenvalue weighted by atomic mass is 16.8. The maximum atomic E-state index is 12.7. The molecule has 0 unspecified atom stereocenters. The summed E-state index contributed by atoms with van der Waals surface area (Å²) in [5, 5.41) is 5.72. The summed E-state index contributed by atoms with van der Waals surface area (Å²) in [5.74, 6) is 0.399. The first-order chi connectivity index (χ1) is 21.5. The number of rotatable bonds is 5. The number of nitrogens with two attached hydrogens (primary N) is 1. The molecular weight excluding hydrogens is 570 g/mol. The summed E-state index contributed by atoms with van der Waals surface area (Å²) in [5.41, 5.74) is 9.67. The van der Waals surface area contributed by atoms with Crippen molar-refractivity contribution in [3.05, 3.63) is 60.7 Å². The van der Waals surface area contributed by atoms with Crippen molar-refractivity contribution in [1.82, 2.24) is 29.2 Å². The molecule has 238 valence electrons. The van der Waals surface area contributed by atoms with Crippen molar-refractivity contribution < 1.29 is 19.0 Å². The van der Waals surface area contributed by atoms with Crippen molar-refractivity contribution in [3.8, 4) is 11.3 Å². The standard InChI is InChI=1S/C34H43N7O4/c1-33(2,3)45-32(42)39-14-11-22(12-15-39)23-17-26(29-28(23)43-34(4,5)44-29)41-19-24(27-30(35)36-20-37-31(27)41)25-13-16-40(38-25)18-21-9-7-6-8-10-21/h6-10,13,16,19-20,22-23,26,28-29H,11-12,14-15,17-18H2,1-5H3,(H2,35,36,37)/t23-,26-,28-,29+/m1/s1. The minimum absolute atomic E-state index is 0.0115. The van der Waals surface area contributed by atoms with Crippen LogP contribution in [0.1, 0.15) is 65.5 Å². The van der Waals surface area contributed by atoms with Crippen molar-refractivity contribution in [2.24, 2.45) is 11.8 Å². The summed E-state index contributed by atoms with van der Waals surface area (Å²) in [6.07, 6.45) is 7.86. The molecule has 0 bridgehead atoms. The molecule has 3 aromatic heterocycles. The van der Waals surface area contributed by atoms with Gasteiger partial charge in [-0.15, -0.1) is 0 Å². The van der Waals surface area contributed by atoms with Gasteiger partial charge in [-0.2, -0.15) is 5.10 Å². The maximum absolute atomic E-state index is 12.7. The number of anilines is 1. The van der Waals surface area contributed by atoms with Crippen LogP contribution in [-0.4, -0.2) is 72.0 Å². The van der Waals surface area contributed by atoms with Crippen LogP contribution in [0.4, 0.5) is 10.6 Å². The molecule has 11 heteroatoms. The molecule has 2 N–H and O–H groups in total. The fourth-order valence-electron chi connectivity index (χ4n) is 7.48. The highest BCUT2D eigenvalue weighted by Crippen LogP contribution is 2.52. The lowest BCUT2D eigenvalue weighted by atomic mass is 9.82. The largest absolute Gasteiger partial charge is 0.444 e. The number of hydrogen-bond donors (Lipinski definition) is 1. The highest BCUT2D eigenvalue weighted by molar-refractivity contribution is 5.99. The summed E-state index contributed by atoms with van der Waals surface area (Å²) in [6, 6.07) is 12.3. The van der Waals surface area contributed by atoms with E-state index < -0.39 is 11.4 Å². The second-order valence-electron chi connectivity index (χ2n) is 14.1. The van der Waals surface area contributed by atoms with E-state index in [9.17, 15) is 4.79 Å². The molecule has 45 heavy (non-hydrogen) atoms. The van der Waals surface area contributed by atoms with E-state index in [1.54, 1.807) is 0 Å². The maximum Gasteiger partial charge on any atom is 0.410 e. The number of aromatic nitrogens is 5. The summed E-state index contributed by atoms with van der Waals surface area (Å²) >= 11 is 0. The Balaban J connectivity index is 1.17. The molecule has 3 aliphatic rings. The van der Waals surface area contributed by atoms with Gasteiger partial charge in [0.2, 0.25) is 0 Å². The third kappa shape index (κ3) is 5.79. The van der Waals surface area contributed by atoms with Gasteiger partial charge in [-0.25, -0.2) is 14.8 Å². The zero-order chi connectivity index (χ0) is 31.5. The van der Waals surface area contributed by atoms with E-state index >= 15 is 0 Å². The van der Waals surface area contributed by atoms with Crippen LogP contribution in [-0.2, 0) is 20.8 Å². The molecule has 1 saturated carbocycles. The van der Waals surface area contributed by atoms with Crippen molar-refractivity contribution in [1.29, 1.82) is 0 Å². The highest BCUT2D eigenvalue weighted by Gasteiger charge is 2.56. The van der Waals surface area contributed by atoms with E-state index in [1.165, 1.54) is 11.9 Å². The predicted molar refractivity (Wildman–Crippen MR) is 170 cm³/mol. The van der Waals surface area contributed by atoms with E-state index in [1.807, 2.05) is 74.7 Å². The van der Waals surface area contributed by atoms with Gasteiger partial charge in [0.1, 0.15) is 29.5 Å². The first-order valence-corrected chi connectivity index (χ1v) is 16.0. The lowest BCUT2D eigenvalue weighted by Crippen LogP contribution is -2.44. The number of hydrogen-bond acceptors (Lipinski definition) is 8. The molecule has 3 fully saturated rings. The number of amides is 1. The summed E-state index contributed by atoms with van der Waals surface area (Å²) in [7, 11) is 0. The second kappa shape index (κ2) is 11.1. The van der Waals surface area contributed by atoms with Gasteiger partial charge in [0.05, 0.1) is 29.8 Å². The minimum atomic E-state index is -0.695. The Hall–Kier alpha value is -3.96. The first-order valence-electron chi connectivity index (χ1n) is 16.0. The van der Waals surface area contributed by atoms with Gasteiger partial charge < -0.3 is 29.4 Å². The molecule has 1 aromatic carbocycles. The Morgan fingerprint density at radius 1 is 1.07 bits per heavy atom. The second-order valence-corrected chi connectivity index (χ2v) is 14.1. The minimum Gasteiger partial charge on any atom is -0.444 e. The number of fused-ring (bicyclic) bond motifs is 2. The molecule has 0 spiro atoms. The van der Waals surface area contributed by atoms with Crippen molar-refractivity contribution in [2.75, 3.05) is 18.8 Å². The molecule has 4 atom stereocenters. The smallest absolute Gasteiger partial charge is 0.410 e. The Morgan fingerprint density at radius 3 is 2.53 bits per heavy atom. The SMILES string of the molecule is CC(C)(C)OC(=O)N1CCC([C@H]2C[C@@H](n3cc(-c4ccn(Cc5ccccc5)n4)c4c(N)ncnc43)[C@@H]3OC(C)(C)O[C@@H]32)CC1. The number of carbonyl (C=O) groups excluding carboxylic acids is 1. The number of ether oxygens (including phenoxy) is 3. The average molecular weight is 614 g/mol. The summed E-state index contributed by atoms with van der Waals surface area (Å²) in [4.78, 5) is 23.7. The van der Waals surface area contributed by atoms with Crippen LogP contribution >= 0.6 is 0 Å². The molecular formula is C34H43N7O4. The van der Waals surface area contributed by atoms with Crippen LogP contribution < -0.4 is 5.73 Å². The zero-order valence-corrected chi connectivity index (χ0v) is 26.7. The molecule has 1 aliphatic carbocycles. The topological polar surface area (TPSA) is 123 Å². The fraction of sp³-hybridized carbons (Fsp3) is 0.529. The van der Waals surface area contributed by atoms with Crippen LogP contribution in [0, 0.1) is 11.8 Å². The van der Waals surface area contributed by atoms with Gasteiger partial charge in [-0.1, -0.05) is 30.3 Å². The summed E-state index contributed by atoms with van der Waals surface area (Å²) < 4.78 is 23.0. The number of likely N-dealkylation sites (tertiary alicyclic amines) is 1. The fourth-order valence-corrected chi connectivity index (χ4v) is 7.48. The van der Waals surface area contributed by atoms with E-state index in [4.69, 9.17) is 30.0 Å². The van der Waals surface area contributed by atoms with Gasteiger partial charge in [0.25, 0.3) is 0 Å². The van der Waals surface area contributed by atoms with Crippen molar-refractivity contribution in [2.45, 2.75) is 90.1 Å². The van der Waals surface area contributed by atoms with Gasteiger partial charge >= 0.3 is 6.09 Å². The van der Waals surface area contributed by atoms with E-state index in [-0.39, 0.29) is 30.3 Å². The first kappa shape index (κ1) is 29.7. The lowest BCUT2D eigenvalue weighted by Gasteiger charge is -2.37. The quantitative estimate of drug-likeness (QED) is 0.306. The van der Waals surface area contributed by atoms with E-state index in [0.717, 1.165) is 41.6 Å².